The van der Waals surface area contributed by atoms with Crippen LogP contribution in [-0.2, 0) is 17.7 Å². The topological polar surface area (TPSA) is 21.7 Å². The molecule has 2 aliphatic heterocycles. The van der Waals surface area contributed by atoms with Gasteiger partial charge in [-0.15, -0.1) is 0 Å². The average molecular weight is 301 g/mol. The van der Waals surface area contributed by atoms with Crippen molar-refractivity contribution in [1.29, 1.82) is 0 Å². The van der Waals surface area contributed by atoms with Gasteiger partial charge < -0.3 is 9.47 Å². The van der Waals surface area contributed by atoms with Gasteiger partial charge in [0.1, 0.15) is 5.75 Å². The van der Waals surface area contributed by atoms with E-state index in [9.17, 15) is 0 Å². The molecule has 1 aromatic carbocycles. The predicted octanol–water partition coefficient (Wildman–Crippen LogP) is 3.40. The Morgan fingerprint density at radius 1 is 1.32 bits per heavy atom. The largest absolute Gasteiger partial charge is 0.493 e. The van der Waals surface area contributed by atoms with Gasteiger partial charge in [-0.3, -0.25) is 4.90 Å². The molecule has 0 bridgehead atoms. The standard InChI is InChI=1S/C19H27NO2/c1-21-18-4-2-8-19(18)9-3-10-20(14-19)13-15-5-6-17-16(12-15)7-11-22-17/h5-6,12,18H,2-4,7-11,13-14H2,1H3/t18-,19-/m1/s1. The molecule has 3 nitrogen and oxygen atoms in total. The van der Waals surface area contributed by atoms with Crippen LogP contribution in [0.4, 0.5) is 0 Å². The van der Waals surface area contributed by atoms with Gasteiger partial charge in [-0.1, -0.05) is 18.6 Å². The van der Waals surface area contributed by atoms with Crippen molar-refractivity contribution in [2.45, 2.75) is 51.2 Å². The van der Waals surface area contributed by atoms with Crippen LogP contribution in [0.25, 0.3) is 0 Å². The van der Waals surface area contributed by atoms with Crippen LogP contribution in [0, 0.1) is 5.41 Å². The van der Waals surface area contributed by atoms with Crippen molar-refractivity contribution in [3.05, 3.63) is 29.3 Å². The van der Waals surface area contributed by atoms with Crippen LogP contribution in [0.15, 0.2) is 18.2 Å². The van der Waals surface area contributed by atoms with E-state index in [2.05, 4.69) is 23.1 Å². The minimum Gasteiger partial charge on any atom is -0.493 e. The first-order valence-electron chi connectivity index (χ1n) is 8.79. The van der Waals surface area contributed by atoms with E-state index in [0.29, 0.717) is 11.5 Å². The van der Waals surface area contributed by atoms with Gasteiger partial charge in [-0.25, -0.2) is 0 Å². The molecular weight excluding hydrogens is 274 g/mol. The van der Waals surface area contributed by atoms with Crippen molar-refractivity contribution in [3.63, 3.8) is 0 Å². The Morgan fingerprint density at radius 2 is 2.23 bits per heavy atom. The number of methoxy groups -OCH3 is 1. The first kappa shape index (κ1) is 14.5. The Kier molecular flexibility index (Phi) is 3.87. The number of fused-ring (bicyclic) bond motifs is 1. The van der Waals surface area contributed by atoms with Crippen molar-refractivity contribution in [1.82, 2.24) is 4.90 Å². The number of likely N-dealkylation sites (tertiary alicyclic amines) is 1. The highest BCUT2D eigenvalue weighted by Crippen LogP contribution is 2.46. The quantitative estimate of drug-likeness (QED) is 0.854. The fourth-order valence-electron chi connectivity index (χ4n) is 4.93. The summed E-state index contributed by atoms with van der Waals surface area (Å²) in [4.78, 5) is 2.65. The highest BCUT2D eigenvalue weighted by Gasteiger charge is 2.45. The maximum Gasteiger partial charge on any atom is 0.122 e. The summed E-state index contributed by atoms with van der Waals surface area (Å²) >= 11 is 0. The van der Waals surface area contributed by atoms with Crippen molar-refractivity contribution in [2.24, 2.45) is 5.41 Å². The van der Waals surface area contributed by atoms with E-state index in [0.717, 1.165) is 25.3 Å². The van der Waals surface area contributed by atoms with Gasteiger partial charge in [0.05, 0.1) is 12.7 Å². The lowest BCUT2D eigenvalue weighted by Gasteiger charge is -2.43. The maximum atomic E-state index is 5.82. The molecule has 0 unspecified atom stereocenters. The van der Waals surface area contributed by atoms with Gasteiger partial charge in [0, 0.05) is 32.0 Å². The summed E-state index contributed by atoms with van der Waals surface area (Å²) in [5, 5.41) is 0. The molecule has 1 spiro atoms. The summed E-state index contributed by atoms with van der Waals surface area (Å²) < 4.78 is 11.4. The van der Waals surface area contributed by atoms with Crippen LogP contribution in [-0.4, -0.2) is 37.8 Å². The van der Waals surface area contributed by atoms with E-state index in [4.69, 9.17) is 9.47 Å². The molecule has 2 fully saturated rings. The molecule has 1 aromatic rings. The third-order valence-electron chi connectivity index (χ3n) is 5.96. The van der Waals surface area contributed by atoms with Crippen LogP contribution in [0.5, 0.6) is 5.75 Å². The van der Waals surface area contributed by atoms with Crippen molar-refractivity contribution in [3.8, 4) is 5.75 Å². The Bertz CT molecular complexity index is 544. The number of hydrogen-bond donors (Lipinski definition) is 0. The van der Waals surface area contributed by atoms with E-state index >= 15 is 0 Å². The second-order valence-electron chi connectivity index (χ2n) is 7.33. The summed E-state index contributed by atoms with van der Waals surface area (Å²) in [6.07, 6.45) is 8.14. The number of ether oxygens (including phenoxy) is 2. The molecule has 1 saturated heterocycles. The monoisotopic (exact) mass is 301 g/mol. The summed E-state index contributed by atoms with van der Waals surface area (Å²) in [6.45, 7) is 4.36. The zero-order valence-corrected chi connectivity index (χ0v) is 13.6. The van der Waals surface area contributed by atoms with Gasteiger partial charge >= 0.3 is 0 Å². The fourth-order valence-corrected chi connectivity index (χ4v) is 4.93. The van der Waals surface area contributed by atoms with Crippen molar-refractivity contribution >= 4 is 0 Å². The van der Waals surface area contributed by atoms with Gasteiger partial charge in [-0.05, 0) is 49.4 Å². The van der Waals surface area contributed by atoms with Gasteiger partial charge in [0.15, 0.2) is 0 Å². The molecule has 1 saturated carbocycles. The van der Waals surface area contributed by atoms with Gasteiger partial charge in [0.25, 0.3) is 0 Å². The molecule has 4 rings (SSSR count). The number of nitrogens with zero attached hydrogens (tertiary/aromatic N) is 1. The van der Waals surface area contributed by atoms with Crippen LogP contribution < -0.4 is 4.74 Å². The molecule has 2 atom stereocenters. The summed E-state index contributed by atoms with van der Waals surface area (Å²) in [6, 6.07) is 6.75. The molecule has 3 aliphatic rings. The number of rotatable bonds is 3. The lowest BCUT2D eigenvalue weighted by Crippen LogP contribution is -2.47. The summed E-state index contributed by atoms with van der Waals surface area (Å²) in [5.74, 6) is 1.09. The van der Waals surface area contributed by atoms with Crippen LogP contribution in [0.3, 0.4) is 0 Å². The molecular formula is C19H27NO2. The van der Waals surface area contributed by atoms with E-state index in [1.54, 1.807) is 0 Å². The third kappa shape index (κ3) is 2.55. The fraction of sp³-hybridized carbons (Fsp3) is 0.684. The van der Waals surface area contributed by atoms with E-state index in [1.165, 1.54) is 56.3 Å². The molecule has 0 aromatic heterocycles. The Hall–Kier alpha value is -1.06. The smallest absolute Gasteiger partial charge is 0.122 e. The Morgan fingerprint density at radius 3 is 3.14 bits per heavy atom. The summed E-state index contributed by atoms with van der Waals surface area (Å²) in [7, 11) is 1.90. The minimum atomic E-state index is 0.423. The van der Waals surface area contributed by atoms with Crippen LogP contribution in [0.2, 0.25) is 0 Å². The lowest BCUT2D eigenvalue weighted by molar-refractivity contribution is -0.0366. The number of benzene rings is 1. The van der Waals surface area contributed by atoms with E-state index < -0.39 is 0 Å². The Balaban J connectivity index is 1.47. The van der Waals surface area contributed by atoms with Crippen LogP contribution >= 0.6 is 0 Å². The van der Waals surface area contributed by atoms with Crippen LogP contribution in [0.1, 0.15) is 43.2 Å². The van der Waals surface area contributed by atoms with Gasteiger partial charge in [0.2, 0.25) is 0 Å². The highest BCUT2D eigenvalue weighted by atomic mass is 16.5. The normalized spacial score (nSPS) is 31.4. The molecule has 0 radical (unpaired) electrons. The zero-order chi connectivity index (χ0) is 15.0. The second kappa shape index (κ2) is 5.86. The van der Waals surface area contributed by atoms with Crippen molar-refractivity contribution < 1.29 is 9.47 Å². The minimum absolute atomic E-state index is 0.423. The molecule has 1 aliphatic carbocycles. The highest BCUT2D eigenvalue weighted by molar-refractivity contribution is 5.39. The zero-order valence-electron chi connectivity index (χ0n) is 13.6. The predicted molar refractivity (Wildman–Crippen MR) is 87.2 cm³/mol. The third-order valence-corrected chi connectivity index (χ3v) is 5.96. The molecule has 0 amide bonds. The first-order chi connectivity index (χ1) is 10.8. The number of piperidine rings is 1. The number of hydrogen-bond acceptors (Lipinski definition) is 3. The van der Waals surface area contributed by atoms with Gasteiger partial charge in [-0.2, -0.15) is 0 Å². The Labute approximate surface area is 133 Å². The maximum absolute atomic E-state index is 5.82. The van der Waals surface area contributed by atoms with Crippen molar-refractivity contribution in [2.75, 3.05) is 26.8 Å². The molecule has 0 N–H and O–H groups in total. The molecule has 3 heteroatoms. The SMILES string of the molecule is CO[C@@H]1CCC[C@]12CCCN(Cc1ccc3c(c1)CCO3)C2. The molecule has 2 heterocycles. The molecule has 120 valence electrons. The summed E-state index contributed by atoms with van der Waals surface area (Å²) in [5.41, 5.74) is 3.25. The lowest BCUT2D eigenvalue weighted by atomic mass is 9.76. The van der Waals surface area contributed by atoms with E-state index in [-0.39, 0.29) is 0 Å². The van der Waals surface area contributed by atoms with E-state index in [1.807, 2.05) is 7.11 Å². The average Bonchev–Trinajstić information content (AvgIpc) is 3.13. The second-order valence-corrected chi connectivity index (χ2v) is 7.33. The first-order valence-corrected chi connectivity index (χ1v) is 8.79. The molecule has 22 heavy (non-hydrogen) atoms.